The highest BCUT2D eigenvalue weighted by Crippen LogP contribution is 2.32. The lowest BCUT2D eigenvalue weighted by Crippen LogP contribution is -2.17. The van der Waals surface area contributed by atoms with Crippen LogP contribution in [0.2, 0.25) is 0 Å². The van der Waals surface area contributed by atoms with Crippen LogP contribution in [0.5, 0.6) is 5.88 Å². The molecule has 0 spiro atoms. The summed E-state index contributed by atoms with van der Waals surface area (Å²) >= 11 is 0. The standard InChI is InChI=1S/C15H24N2O/c1-4-12-7-8-13(10-12)17-14-6-5-9-16-15(14)18-11(2)3/h5-6,9,11-13,17H,4,7-8,10H2,1-3H3. The van der Waals surface area contributed by atoms with Crippen LogP contribution in [0.1, 0.15) is 46.5 Å². The average molecular weight is 248 g/mol. The highest BCUT2D eigenvalue weighted by Gasteiger charge is 2.24. The summed E-state index contributed by atoms with van der Waals surface area (Å²) in [7, 11) is 0. The third-order valence-electron chi connectivity index (χ3n) is 3.60. The van der Waals surface area contributed by atoms with Gasteiger partial charge in [-0.1, -0.05) is 13.3 Å². The van der Waals surface area contributed by atoms with Crippen LogP contribution in [0.3, 0.4) is 0 Å². The van der Waals surface area contributed by atoms with E-state index in [1.165, 1.54) is 25.7 Å². The van der Waals surface area contributed by atoms with Gasteiger partial charge >= 0.3 is 0 Å². The molecule has 0 amide bonds. The molecular formula is C15H24N2O. The Morgan fingerprint density at radius 2 is 2.28 bits per heavy atom. The first-order valence-corrected chi connectivity index (χ1v) is 7.07. The predicted octanol–water partition coefficient (Wildman–Crippen LogP) is 3.86. The Labute approximate surface area is 110 Å². The van der Waals surface area contributed by atoms with Gasteiger partial charge in [-0.15, -0.1) is 0 Å². The second kappa shape index (κ2) is 6.07. The van der Waals surface area contributed by atoms with Gasteiger partial charge in [-0.2, -0.15) is 0 Å². The van der Waals surface area contributed by atoms with Crippen LogP contribution in [0.25, 0.3) is 0 Å². The van der Waals surface area contributed by atoms with Crippen molar-refractivity contribution in [1.82, 2.24) is 4.98 Å². The summed E-state index contributed by atoms with van der Waals surface area (Å²) in [5.74, 6) is 1.61. The maximum atomic E-state index is 5.74. The molecule has 18 heavy (non-hydrogen) atoms. The number of hydrogen-bond donors (Lipinski definition) is 1. The van der Waals surface area contributed by atoms with Gasteiger partial charge in [-0.3, -0.25) is 0 Å². The monoisotopic (exact) mass is 248 g/mol. The molecule has 1 aliphatic carbocycles. The minimum atomic E-state index is 0.160. The van der Waals surface area contributed by atoms with Gasteiger partial charge in [-0.25, -0.2) is 4.98 Å². The van der Waals surface area contributed by atoms with E-state index >= 15 is 0 Å². The molecular weight excluding hydrogens is 224 g/mol. The quantitative estimate of drug-likeness (QED) is 0.859. The zero-order chi connectivity index (χ0) is 13.0. The van der Waals surface area contributed by atoms with Crippen LogP contribution in [0.4, 0.5) is 5.69 Å². The number of anilines is 1. The molecule has 100 valence electrons. The largest absolute Gasteiger partial charge is 0.473 e. The molecule has 1 aromatic heterocycles. The van der Waals surface area contributed by atoms with Gasteiger partial charge in [0.2, 0.25) is 5.88 Å². The van der Waals surface area contributed by atoms with E-state index in [0.29, 0.717) is 6.04 Å². The summed E-state index contributed by atoms with van der Waals surface area (Å²) in [6.07, 6.45) is 7.11. The summed E-state index contributed by atoms with van der Waals surface area (Å²) in [6, 6.07) is 4.60. The van der Waals surface area contributed by atoms with Gasteiger partial charge in [0.15, 0.2) is 0 Å². The third-order valence-corrected chi connectivity index (χ3v) is 3.60. The van der Waals surface area contributed by atoms with Crippen molar-refractivity contribution in [2.45, 2.75) is 58.6 Å². The average Bonchev–Trinajstić information content (AvgIpc) is 2.79. The molecule has 0 aromatic carbocycles. The summed E-state index contributed by atoms with van der Waals surface area (Å²) < 4.78 is 5.74. The first kappa shape index (κ1) is 13.2. The van der Waals surface area contributed by atoms with Crippen molar-refractivity contribution >= 4 is 5.69 Å². The third kappa shape index (κ3) is 3.37. The second-order valence-corrected chi connectivity index (χ2v) is 5.45. The van der Waals surface area contributed by atoms with E-state index < -0.39 is 0 Å². The van der Waals surface area contributed by atoms with Crippen molar-refractivity contribution < 1.29 is 4.74 Å². The second-order valence-electron chi connectivity index (χ2n) is 5.45. The molecule has 2 atom stereocenters. The van der Waals surface area contributed by atoms with Crippen molar-refractivity contribution in [2.24, 2.45) is 5.92 Å². The smallest absolute Gasteiger partial charge is 0.237 e. The number of pyridine rings is 1. The molecule has 0 saturated heterocycles. The Morgan fingerprint density at radius 3 is 2.94 bits per heavy atom. The van der Waals surface area contributed by atoms with E-state index in [1.54, 1.807) is 6.20 Å². The number of ether oxygens (including phenoxy) is 1. The lowest BCUT2D eigenvalue weighted by molar-refractivity contribution is 0.234. The van der Waals surface area contributed by atoms with Gasteiger partial charge in [0, 0.05) is 12.2 Å². The number of hydrogen-bond acceptors (Lipinski definition) is 3. The Hall–Kier alpha value is -1.25. The first-order chi connectivity index (χ1) is 8.69. The lowest BCUT2D eigenvalue weighted by Gasteiger charge is -2.18. The van der Waals surface area contributed by atoms with Crippen LogP contribution in [0, 0.1) is 5.92 Å². The van der Waals surface area contributed by atoms with Gasteiger partial charge in [-0.05, 0) is 51.2 Å². The van der Waals surface area contributed by atoms with Crippen LogP contribution in [-0.2, 0) is 0 Å². The zero-order valence-electron chi connectivity index (χ0n) is 11.6. The minimum absolute atomic E-state index is 0.160. The number of nitrogens with zero attached hydrogens (tertiary/aromatic N) is 1. The topological polar surface area (TPSA) is 34.2 Å². The Balaban J connectivity index is 2.00. The number of nitrogens with one attached hydrogen (secondary N) is 1. The number of aromatic nitrogens is 1. The van der Waals surface area contributed by atoms with Crippen molar-refractivity contribution in [3.63, 3.8) is 0 Å². The normalized spacial score (nSPS) is 23.3. The van der Waals surface area contributed by atoms with Crippen LogP contribution in [0.15, 0.2) is 18.3 Å². The van der Waals surface area contributed by atoms with Gasteiger partial charge in [0.1, 0.15) is 0 Å². The van der Waals surface area contributed by atoms with Gasteiger partial charge < -0.3 is 10.1 Å². The Kier molecular flexibility index (Phi) is 4.45. The molecule has 0 aliphatic heterocycles. The molecule has 1 saturated carbocycles. The molecule has 1 fully saturated rings. The zero-order valence-corrected chi connectivity index (χ0v) is 11.6. The molecule has 1 heterocycles. The fourth-order valence-electron chi connectivity index (χ4n) is 2.61. The summed E-state index contributed by atoms with van der Waals surface area (Å²) in [6.45, 7) is 6.34. The SMILES string of the molecule is CCC1CCC(Nc2cccnc2OC(C)C)C1. The lowest BCUT2D eigenvalue weighted by atomic mass is 10.1. The molecule has 3 heteroatoms. The maximum Gasteiger partial charge on any atom is 0.237 e. The molecule has 2 unspecified atom stereocenters. The van der Waals surface area contributed by atoms with Crippen LogP contribution < -0.4 is 10.1 Å². The fourth-order valence-corrected chi connectivity index (χ4v) is 2.61. The molecule has 0 radical (unpaired) electrons. The molecule has 1 aliphatic rings. The van der Waals surface area contributed by atoms with E-state index in [9.17, 15) is 0 Å². The van der Waals surface area contributed by atoms with Crippen LogP contribution >= 0.6 is 0 Å². The van der Waals surface area contributed by atoms with E-state index in [-0.39, 0.29) is 6.10 Å². The molecule has 0 bridgehead atoms. The summed E-state index contributed by atoms with van der Waals surface area (Å²) in [5.41, 5.74) is 1.04. The predicted molar refractivity (Wildman–Crippen MR) is 75.0 cm³/mol. The van der Waals surface area contributed by atoms with Gasteiger partial charge in [0.05, 0.1) is 11.8 Å². The van der Waals surface area contributed by atoms with Crippen molar-refractivity contribution in [2.75, 3.05) is 5.32 Å². The van der Waals surface area contributed by atoms with E-state index in [0.717, 1.165) is 17.5 Å². The summed E-state index contributed by atoms with van der Waals surface area (Å²) in [4.78, 5) is 4.32. The van der Waals surface area contributed by atoms with Crippen molar-refractivity contribution in [3.05, 3.63) is 18.3 Å². The Bertz CT molecular complexity index is 379. The van der Waals surface area contributed by atoms with Crippen molar-refractivity contribution in [1.29, 1.82) is 0 Å². The summed E-state index contributed by atoms with van der Waals surface area (Å²) in [5, 5.41) is 3.59. The molecule has 3 nitrogen and oxygen atoms in total. The van der Waals surface area contributed by atoms with Crippen molar-refractivity contribution in [3.8, 4) is 5.88 Å². The van der Waals surface area contributed by atoms with E-state index in [2.05, 4.69) is 23.3 Å². The minimum Gasteiger partial charge on any atom is -0.473 e. The van der Waals surface area contributed by atoms with Crippen LogP contribution in [-0.4, -0.2) is 17.1 Å². The molecule has 2 rings (SSSR count). The fraction of sp³-hybridized carbons (Fsp3) is 0.667. The van der Waals surface area contributed by atoms with Gasteiger partial charge in [0.25, 0.3) is 0 Å². The highest BCUT2D eigenvalue weighted by atomic mass is 16.5. The molecule has 1 N–H and O–H groups in total. The first-order valence-electron chi connectivity index (χ1n) is 7.07. The number of rotatable bonds is 5. The van der Waals surface area contributed by atoms with E-state index in [1.807, 2.05) is 19.9 Å². The molecule has 1 aromatic rings. The maximum absolute atomic E-state index is 5.74. The Morgan fingerprint density at radius 1 is 1.44 bits per heavy atom. The van der Waals surface area contributed by atoms with E-state index in [4.69, 9.17) is 4.74 Å². The highest BCUT2D eigenvalue weighted by molar-refractivity contribution is 5.52.